The van der Waals surface area contributed by atoms with Crippen LogP contribution < -0.4 is 5.73 Å². The molecule has 0 aliphatic heterocycles. The number of amidine groups is 1. The molecule has 0 aliphatic rings. The van der Waals surface area contributed by atoms with E-state index in [2.05, 4.69) is 5.16 Å². The monoisotopic (exact) mass is 206 g/mol. The fourth-order valence-electron chi connectivity index (χ4n) is 0.757. The first-order valence-corrected chi connectivity index (χ1v) is 5.36. The van der Waals surface area contributed by atoms with Crippen molar-refractivity contribution < 1.29 is 10.3 Å². The molecular formula is C8H18N2O2S. The Bertz CT molecular complexity index is 172. The second-order valence-corrected chi connectivity index (χ2v) is 4.68. The Morgan fingerprint density at radius 3 is 2.54 bits per heavy atom. The number of nitrogens with zero attached hydrogens (tertiary/aromatic N) is 1. The Hall–Kier alpha value is -0.420. The number of aliphatic hydroxyl groups excluding tert-OH is 1. The molecule has 13 heavy (non-hydrogen) atoms. The minimum atomic E-state index is -0.267. The van der Waals surface area contributed by atoms with Crippen molar-refractivity contribution in [3.05, 3.63) is 0 Å². The van der Waals surface area contributed by atoms with Gasteiger partial charge in [0.2, 0.25) is 0 Å². The first-order valence-electron chi connectivity index (χ1n) is 4.21. The van der Waals surface area contributed by atoms with Crippen molar-refractivity contribution in [2.45, 2.75) is 20.3 Å². The van der Waals surface area contributed by atoms with E-state index in [1.165, 1.54) is 0 Å². The molecule has 0 atom stereocenters. The maximum atomic E-state index is 8.54. The third-order valence-corrected chi connectivity index (χ3v) is 2.87. The summed E-state index contributed by atoms with van der Waals surface area (Å²) >= 11 is 1.67. The molecule has 78 valence electrons. The number of hydrogen-bond donors (Lipinski definition) is 3. The maximum absolute atomic E-state index is 8.54. The van der Waals surface area contributed by atoms with Gasteiger partial charge >= 0.3 is 0 Å². The van der Waals surface area contributed by atoms with E-state index in [4.69, 9.17) is 16.0 Å². The van der Waals surface area contributed by atoms with Crippen LogP contribution in [0.2, 0.25) is 0 Å². The van der Waals surface area contributed by atoms with Gasteiger partial charge in [0, 0.05) is 11.2 Å². The van der Waals surface area contributed by atoms with Crippen LogP contribution in [-0.2, 0) is 0 Å². The van der Waals surface area contributed by atoms with E-state index >= 15 is 0 Å². The quantitative estimate of drug-likeness (QED) is 0.198. The van der Waals surface area contributed by atoms with Crippen LogP contribution in [0.3, 0.4) is 0 Å². The molecule has 0 aliphatic carbocycles. The van der Waals surface area contributed by atoms with Gasteiger partial charge in [-0.3, -0.25) is 0 Å². The first kappa shape index (κ1) is 12.6. The zero-order valence-electron chi connectivity index (χ0n) is 8.16. The molecule has 0 saturated carbocycles. The van der Waals surface area contributed by atoms with Crippen molar-refractivity contribution in [1.29, 1.82) is 0 Å². The third kappa shape index (κ3) is 5.00. The average molecular weight is 206 g/mol. The number of hydrogen-bond acceptors (Lipinski definition) is 4. The third-order valence-electron chi connectivity index (χ3n) is 1.91. The number of aliphatic hydroxyl groups is 1. The van der Waals surface area contributed by atoms with E-state index in [0.29, 0.717) is 0 Å². The van der Waals surface area contributed by atoms with Gasteiger partial charge in [0.25, 0.3) is 0 Å². The Kier molecular flexibility index (Phi) is 5.90. The summed E-state index contributed by atoms with van der Waals surface area (Å²) in [5, 5.41) is 20.0. The van der Waals surface area contributed by atoms with Gasteiger partial charge < -0.3 is 16.0 Å². The molecule has 0 saturated heterocycles. The molecule has 0 aromatic rings. The van der Waals surface area contributed by atoms with Gasteiger partial charge in [0.1, 0.15) is 5.84 Å². The van der Waals surface area contributed by atoms with E-state index in [0.717, 1.165) is 17.9 Å². The predicted molar refractivity (Wildman–Crippen MR) is 56.2 cm³/mol. The van der Waals surface area contributed by atoms with E-state index in [9.17, 15) is 0 Å². The lowest BCUT2D eigenvalue weighted by Crippen LogP contribution is -2.32. The molecule has 0 rings (SSSR count). The second kappa shape index (κ2) is 6.10. The van der Waals surface area contributed by atoms with Crippen LogP contribution in [0.15, 0.2) is 5.16 Å². The molecule has 0 bridgehead atoms. The Morgan fingerprint density at radius 2 is 2.08 bits per heavy atom. The molecule has 0 aromatic heterocycles. The normalized spacial score (nSPS) is 13.3. The summed E-state index contributed by atoms with van der Waals surface area (Å²) in [6.45, 7) is 4.07. The van der Waals surface area contributed by atoms with E-state index in [1.54, 1.807) is 11.8 Å². The minimum Gasteiger partial charge on any atom is -0.409 e. The number of nitrogens with two attached hydrogens (primary N) is 1. The SMILES string of the molecule is CC(C)(CCSCCO)C(N)=NO. The van der Waals surface area contributed by atoms with E-state index in [1.807, 2.05) is 13.8 Å². The van der Waals surface area contributed by atoms with Gasteiger partial charge in [-0.2, -0.15) is 11.8 Å². The van der Waals surface area contributed by atoms with Crippen LogP contribution in [0.1, 0.15) is 20.3 Å². The van der Waals surface area contributed by atoms with Crippen molar-refractivity contribution in [2.24, 2.45) is 16.3 Å². The highest BCUT2D eigenvalue weighted by molar-refractivity contribution is 7.99. The molecule has 0 radical (unpaired) electrons. The molecule has 4 nitrogen and oxygen atoms in total. The highest BCUT2D eigenvalue weighted by Gasteiger charge is 2.22. The van der Waals surface area contributed by atoms with Crippen LogP contribution in [0.5, 0.6) is 0 Å². The van der Waals surface area contributed by atoms with Crippen LogP contribution >= 0.6 is 11.8 Å². The van der Waals surface area contributed by atoms with Crippen molar-refractivity contribution in [3.63, 3.8) is 0 Å². The van der Waals surface area contributed by atoms with Gasteiger partial charge in [-0.1, -0.05) is 19.0 Å². The number of oxime groups is 1. The van der Waals surface area contributed by atoms with Gasteiger partial charge in [0.05, 0.1) is 6.61 Å². The lowest BCUT2D eigenvalue weighted by atomic mass is 9.89. The molecule has 0 aromatic carbocycles. The molecule has 0 fully saturated rings. The molecule has 0 unspecified atom stereocenters. The van der Waals surface area contributed by atoms with Gasteiger partial charge in [-0.25, -0.2) is 0 Å². The second-order valence-electron chi connectivity index (χ2n) is 3.46. The average Bonchev–Trinajstić information content (AvgIpc) is 2.11. The zero-order valence-corrected chi connectivity index (χ0v) is 8.97. The van der Waals surface area contributed by atoms with Crippen molar-refractivity contribution in [3.8, 4) is 0 Å². The summed E-state index contributed by atoms with van der Waals surface area (Å²) in [6.07, 6.45) is 0.841. The number of thioether (sulfide) groups is 1. The lowest BCUT2D eigenvalue weighted by Gasteiger charge is -2.22. The Labute approximate surface area is 83.2 Å². The first-order chi connectivity index (χ1) is 6.04. The highest BCUT2D eigenvalue weighted by atomic mass is 32.2. The fraction of sp³-hybridized carbons (Fsp3) is 0.875. The summed E-state index contributed by atoms with van der Waals surface area (Å²) in [4.78, 5) is 0. The van der Waals surface area contributed by atoms with Crippen LogP contribution in [-0.4, -0.2) is 34.3 Å². The molecule has 0 heterocycles. The summed E-state index contributed by atoms with van der Waals surface area (Å²) < 4.78 is 0. The zero-order chi connectivity index (χ0) is 10.3. The van der Waals surface area contributed by atoms with Gasteiger partial charge in [-0.15, -0.1) is 0 Å². The maximum Gasteiger partial charge on any atom is 0.144 e. The fourth-order valence-corrected chi connectivity index (χ4v) is 1.75. The summed E-state index contributed by atoms with van der Waals surface area (Å²) in [6, 6.07) is 0. The molecule has 4 N–H and O–H groups in total. The predicted octanol–water partition coefficient (Wildman–Crippen LogP) is 0.875. The molecular weight excluding hydrogens is 188 g/mol. The molecule has 5 heteroatoms. The van der Waals surface area contributed by atoms with Crippen LogP contribution in [0, 0.1) is 5.41 Å². The van der Waals surface area contributed by atoms with Gasteiger partial charge in [-0.05, 0) is 12.2 Å². The summed E-state index contributed by atoms with van der Waals surface area (Å²) in [5.41, 5.74) is 5.24. The van der Waals surface area contributed by atoms with Crippen molar-refractivity contribution in [1.82, 2.24) is 0 Å². The van der Waals surface area contributed by atoms with Crippen molar-refractivity contribution >= 4 is 17.6 Å². The lowest BCUT2D eigenvalue weighted by molar-refractivity contribution is 0.307. The van der Waals surface area contributed by atoms with Crippen LogP contribution in [0.25, 0.3) is 0 Å². The Balaban J connectivity index is 3.76. The molecule has 0 amide bonds. The number of rotatable bonds is 6. The highest BCUT2D eigenvalue weighted by Crippen LogP contribution is 2.22. The summed E-state index contributed by atoms with van der Waals surface area (Å²) in [7, 11) is 0. The van der Waals surface area contributed by atoms with E-state index < -0.39 is 0 Å². The minimum absolute atomic E-state index is 0.203. The summed E-state index contributed by atoms with van der Waals surface area (Å²) in [5.74, 6) is 1.91. The van der Waals surface area contributed by atoms with Crippen LogP contribution in [0.4, 0.5) is 0 Å². The van der Waals surface area contributed by atoms with Gasteiger partial charge in [0.15, 0.2) is 0 Å². The Morgan fingerprint density at radius 1 is 1.46 bits per heavy atom. The largest absolute Gasteiger partial charge is 0.409 e. The standard InChI is InChI=1S/C8H18N2O2S/c1-8(2,7(9)10-12)3-5-13-6-4-11/h11-12H,3-6H2,1-2H3,(H2,9,10). The molecule has 0 spiro atoms. The van der Waals surface area contributed by atoms with Crippen molar-refractivity contribution in [2.75, 3.05) is 18.1 Å². The van der Waals surface area contributed by atoms with E-state index in [-0.39, 0.29) is 17.9 Å². The topological polar surface area (TPSA) is 78.8 Å². The smallest absolute Gasteiger partial charge is 0.144 e.